The average Bonchev–Trinajstić information content (AvgIpc) is 3.04. The van der Waals surface area contributed by atoms with Crippen LogP contribution in [0.15, 0.2) is 60.7 Å². The lowest BCUT2D eigenvalue weighted by molar-refractivity contribution is 0.102. The fraction of sp³-hybridized carbons (Fsp3) is 0.423. The summed E-state index contributed by atoms with van der Waals surface area (Å²) < 4.78 is 1.96. The van der Waals surface area contributed by atoms with Crippen LogP contribution in [0.25, 0.3) is 11.3 Å². The zero-order chi connectivity index (χ0) is 22.4. The van der Waals surface area contributed by atoms with Gasteiger partial charge in [0, 0.05) is 51.9 Å². The number of nitrogens with zero attached hydrogens (tertiary/aromatic N) is 4. The monoisotopic (exact) mass is 420 g/mol. The molecule has 3 aromatic rings. The van der Waals surface area contributed by atoms with E-state index in [1.54, 1.807) is 0 Å². The second kappa shape index (κ2) is 10.6. The molecule has 2 aromatic carbocycles. The second-order valence-electron chi connectivity index (χ2n) is 8.97. The van der Waals surface area contributed by atoms with Crippen molar-refractivity contribution in [1.82, 2.24) is 14.7 Å². The zero-order valence-electron chi connectivity index (χ0n) is 19.5. The van der Waals surface area contributed by atoms with Gasteiger partial charge in [0.25, 0.3) is 0 Å². The third-order valence-corrected chi connectivity index (χ3v) is 5.37. The maximum atomic E-state index is 10.9. The molecule has 0 bridgehead atoms. The standard InChI is InChI=1S/C26H36N4O/c1-20(2)17-30(18-23(31)16-21-12-8-6-9-13-21)19-24-25(22-14-10-7-11-15-22)27-29(5)26(24)28(3)4/h6-15,20,23,31H,16-19H2,1-5H3. The number of rotatable bonds is 10. The van der Waals surface area contributed by atoms with Crippen molar-refractivity contribution in [2.24, 2.45) is 13.0 Å². The minimum Gasteiger partial charge on any atom is -0.391 e. The third-order valence-electron chi connectivity index (χ3n) is 5.37. The first-order valence-electron chi connectivity index (χ1n) is 11.1. The lowest BCUT2D eigenvalue weighted by Gasteiger charge is -2.28. The Labute approximate surface area is 186 Å². The van der Waals surface area contributed by atoms with E-state index in [2.05, 4.69) is 74.1 Å². The number of anilines is 1. The van der Waals surface area contributed by atoms with Crippen LogP contribution in [0.1, 0.15) is 25.0 Å². The van der Waals surface area contributed by atoms with Crippen LogP contribution < -0.4 is 4.90 Å². The maximum Gasteiger partial charge on any atom is 0.131 e. The molecule has 0 saturated carbocycles. The molecule has 0 fully saturated rings. The van der Waals surface area contributed by atoms with E-state index >= 15 is 0 Å². The molecule has 5 heteroatoms. The summed E-state index contributed by atoms with van der Waals surface area (Å²) in [5.41, 5.74) is 4.50. The lowest BCUT2D eigenvalue weighted by atomic mass is 10.0. The molecular formula is C26H36N4O. The molecule has 5 nitrogen and oxygen atoms in total. The SMILES string of the molecule is CC(C)CN(Cc1c(-c2ccccc2)nn(C)c1N(C)C)CC(O)Cc1ccccc1. The van der Waals surface area contributed by atoms with E-state index < -0.39 is 6.10 Å². The van der Waals surface area contributed by atoms with Crippen LogP contribution in [-0.2, 0) is 20.0 Å². The third kappa shape index (κ3) is 6.18. The molecule has 1 heterocycles. The van der Waals surface area contributed by atoms with Crippen LogP contribution in [0.2, 0.25) is 0 Å². The Balaban J connectivity index is 1.88. The van der Waals surface area contributed by atoms with Crippen molar-refractivity contribution in [1.29, 1.82) is 0 Å². The molecule has 0 aliphatic heterocycles. The normalized spacial score (nSPS) is 12.5. The largest absolute Gasteiger partial charge is 0.391 e. The molecule has 0 spiro atoms. The van der Waals surface area contributed by atoms with E-state index in [0.29, 0.717) is 18.9 Å². The van der Waals surface area contributed by atoms with E-state index in [1.165, 1.54) is 11.1 Å². The highest BCUT2D eigenvalue weighted by Gasteiger charge is 2.23. The van der Waals surface area contributed by atoms with E-state index in [-0.39, 0.29) is 0 Å². The quantitative estimate of drug-likeness (QED) is 0.534. The van der Waals surface area contributed by atoms with Gasteiger partial charge in [0.15, 0.2) is 0 Å². The smallest absolute Gasteiger partial charge is 0.131 e. The number of hydrogen-bond donors (Lipinski definition) is 1. The van der Waals surface area contributed by atoms with Crippen LogP contribution in [0, 0.1) is 5.92 Å². The summed E-state index contributed by atoms with van der Waals surface area (Å²) in [7, 11) is 6.13. The molecule has 31 heavy (non-hydrogen) atoms. The van der Waals surface area contributed by atoms with E-state index in [4.69, 9.17) is 5.10 Å². The van der Waals surface area contributed by atoms with Gasteiger partial charge >= 0.3 is 0 Å². The number of aliphatic hydroxyl groups is 1. The van der Waals surface area contributed by atoms with Crippen LogP contribution >= 0.6 is 0 Å². The van der Waals surface area contributed by atoms with Gasteiger partial charge in [-0.25, -0.2) is 0 Å². The topological polar surface area (TPSA) is 44.5 Å². The van der Waals surface area contributed by atoms with Crippen molar-refractivity contribution < 1.29 is 5.11 Å². The summed E-state index contributed by atoms with van der Waals surface area (Å²) in [5, 5.41) is 15.7. The summed E-state index contributed by atoms with van der Waals surface area (Å²) in [6.07, 6.45) is 0.245. The molecule has 3 rings (SSSR count). The van der Waals surface area contributed by atoms with Crippen molar-refractivity contribution in [2.75, 3.05) is 32.1 Å². The second-order valence-corrected chi connectivity index (χ2v) is 8.97. The molecule has 1 atom stereocenters. The van der Waals surface area contributed by atoms with Gasteiger partial charge < -0.3 is 10.0 Å². The molecular weight excluding hydrogens is 384 g/mol. The van der Waals surface area contributed by atoms with Crippen LogP contribution in [0.3, 0.4) is 0 Å². The minimum atomic E-state index is -0.416. The van der Waals surface area contributed by atoms with Gasteiger partial charge in [-0.05, 0) is 17.9 Å². The van der Waals surface area contributed by atoms with Gasteiger partial charge in [0.2, 0.25) is 0 Å². The van der Waals surface area contributed by atoms with Gasteiger partial charge in [-0.2, -0.15) is 5.10 Å². The molecule has 0 amide bonds. The van der Waals surface area contributed by atoms with Crippen molar-refractivity contribution in [3.05, 3.63) is 71.8 Å². The number of aromatic nitrogens is 2. The molecule has 1 N–H and O–H groups in total. The molecule has 0 aliphatic carbocycles. The number of benzene rings is 2. The van der Waals surface area contributed by atoms with Crippen molar-refractivity contribution in [3.63, 3.8) is 0 Å². The van der Waals surface area contributed by atoms with Crippen LogP contribution in [0.4, 0.5) is 5.82 Å². The van der Waals surface area contributed by atoms with Gasteiger partial charge in [0.1, 0.15) is 5.82 Å². The molecule has 166 valence electrons. The first-order valence-corrected chi connectivity index (χ1v) is 11.1. The van der Waals surface area contributed by atoms with Gasteiger partial charge in [-0.15, -0.1) is 0 Å². The number of aryl methyl sites for hydroxylation is 1. The van der Waals surface area contributed by atoms with Crippen molar-refractivity contribution in [2.45, 2.75) is 32.9 Å². The highest BCUT2D eigenvalue weighted by molar-refractivity contribution is 5.69. The zero-order valence-corrected chi connectivity index (χ0v) is 19.5. The minimum absolute atomic E-state index is 0.416. The molecule has 1 unspecified atom stereocenters. The summed E-state index contributed by atoms with van der Waals surface area (Å²) >= 11 is 0. The van der Waals surface area contributed by atoms with Crippen molar-refractivity contribution >= 4 is 5.82 Å². The molecule has 0 radical (unpaired) electrons. The highest BCUT2D eigenvalue weighted by Crippen LogP contribution is 2.31. The number of hydrogen-bond acceptors (Lipinski definition) is 4. The Hall–Kier alpha value is -2.63. The van der Waals surface area contributed by atoms with E-state index in [0.717, 1.165) is 30.2 Å². The predicted octanol–water partition coefficient (Wildman–Crippen LogP) is 4.21. The Kier molecular flexibility index (Phi) is 7.88. The predicted molar refractivity (Wildman–Crippen MR) is 129 cm³/mol. The first kappa shape index (κ1) is 23.0. The average molecular weight is 421 g/mol. The molecule has 0 saturated heterocycles. The van der Waals surface area contributed by atoms with Gasteiger partial charge in [-0.3, -0.25) is 9.58 Å². The number of aliphatic hydroxyl groups excluding tert-OH is 1. The Morgan fingerprint density at radius 3 is 2.13 bits per heavy atom. The van der Waals surface area contributed by atoms with Gasteiger partial charge in [-0.1, -0.05) is 74.5 Å². The molecule has 1 aromatic heterocycles. The molecule has 0 aliphatic rings. The summed E-state index contributed by atoms with van der Waals surface area (Å²) in [4.78, 5) is 4.50. The van der Waals surface area contributed by atoms with E-state index in [1.807, 2.05) is 36.0 Å². The maximum absolute atomic E-state index is 10.9. The summed E-state index contributed by atoms with van der Waals surface area (Å²) in [6.45, 7) is 6.75. The highest BCUT2D eigenvalue weighted by atomic mass is 16.3. The summed E-state index contributed by atoms with van der Waals surface area (Å²) in [6, 6.07) is 20.6. The van der Waals surface area contributed by atoms with Crippen LogP contribution in [0.5, 0.6) is 0 Å². The van der Waals surface area contributed by atoms with Crippen molar-refractivity contribution in [3.8, 4) is 11.3 Å². The van der Waals surface area contributed by atoms with E-state index in [9.17, 15) is 5.11 Å². The first-order chi connectivity index (χ1) is 14.8. The fourth-order valence-corrected chi connectivity index (χ4v) is 4.28. The Bertz CT molecular complexity index is 935. The Morgan fingerprint density at radius 2 is 1.55 bits per heavy atom. The van der Waals surface area contributed by atoms with Crippen LogP contribution in [-0.4, -0.2) is 53.1 Å². The fourth-order valence-electron chi connectivity index (χ4n) is 4.28. The Morgan fingerprint density at radius 1 is 0.935 bits per heavy atom. The summed E-state index contributed by atoms with van der Waals surface area (Å²) in [5.74, 6) is 1.61. The van der Waals surface area contributed by atoms with Gasteiger partial charge in [0.05, 0.1) is 11.8 Å². The lowest BCUT2D eigenvalue weighted by Crippen LogP contribution is -2.36.